The summed E-state index contributed by atoms with van der Waals surface area (Å²) >= 11 is 12.0. The van der Waals surface area contributed by atoms with Crippen molar-refractivity contribution in [1.29, 1.82) is 5.26 Å². The molecular weight excluding hydrogens is 305 g/mol. The van der Waals surface area contributed by atoms with E-state index in [-0.39, 0.29) is 0 Å². The molecule has 0 unspecified atom stereocenters. The van der Waals surface area contributed by atoms with Crippen molar-refractivity contribution < 1.29 is 0 Å². The molecule has 0 saturated heterocycles. The second-order valence-electron chi connectivity index (χ2n) is 4.59. The van der Waals surface area contributed by atoms with Gasteiger partial charge in [-0.3, -0.25) is 4.57 Å². The summed E-state index contributed by atoms with van der Waals surface area (Å²) in [6, 6.07) is 15.1. The van der Waals surface area contributed by atoms with Gasteiger partial charge in [0.15, 0.2) is 0 Å². The van der Waals surface area contributed by atoms with Crippen molar-refractivity contribution in [2.24, 2.45) is 0 Å². The number of benzene rings is 2. The zero-order chi connectivity index (χ0) is 14.8. The maximum Gasteiger partial charge on any atom is 0.115 e. The van der Waals surface area contributed by atoms with Gasteiger partial charge in [-0.15, -0.1) is 11.6 Å². The van der Waals surface area contributed by atoms with Crippen molar-refractivity contribution >= 4 is 34.2 Å². The van der Waals surface area contributed by atoms with E-state index in [0.717, 1.165) is 22.5 Å². The van der Waals surface area contributed by atoms with Crippen LogP contribution in [0.15, 0.2) is 42.5 Å². The number of fused-ring (bicyclic) bond motifs is 1. The summed E-state index contributed by atoms with van der Waals surface area (Å²) in [6.07, 6.45) is 0.661. The van der Waals surface area contributed by atoms with Crippen LogP contribution in [0.2, 0.25) is 5.02 Å². The zero-order valence-electron chi connectivity index (χ0n) is 11.1. The smallest absolute Gasteiger partial charge is 0.115 e. The molecule has 0 N–H and O–H groups in total. The molecule has 0 radical (unpaired) electrons. The molecule has 21 heavy (non-hydrogen) atoms. The highest BCUT2D eigenvalue weighted by Crippen LogP contribution is 2.25. The molecule has 0 aliphatic rings. The van der Waals surface area contributed by atoms with Crippen LogP contribution in [0.1, 0.15) is 11.4 Å². The van der Waals surface area contributed by atoms with Crippen molar-refractivity contribution in [2.45, 2.75) is 6.42 Å². The summed E-state index contributed by atoms with van der Waals surface area (Å²) in [5, 5.41) is 9.56. The monoisotopic (exact) mass is 315 g/mol. The molecule has 3 aromatic rings. The van der Waals surface area contributed by atoms with Crippen molar-refractivity contribution in [3.63, 3.8) is 0 Å². The fraction of sp³-hybridized carbons (Fsp3) is 0.125. The van der Waals surface area contributed by atoms with Crippen LogP contribution < -0.4 is 0 Å². The van der Waals surface area contributed by atoms with E-state index in [2.05, 4.69) is 11.1 Å². The minimum Gasteiger partial charge on any atom is -0.296 e. The van der Waals surface area contributed by atoms with E-state index in [0.29, 0.717) is 22.9 Å². The summed E-state index contributed by atoms with van der Waals surface area (Å²) in [6.45, 7) is 0. The van der Waals surface area contributed by atoms with Gasteiger partial charge in [-0.05, 0) is 42.5 Å². The van der Waals surface area contributed by atoms with Gasteiger partial charge in [0.25, 0.3) is 0 Å². The zero-order valence-corrected chi connectivity index (χ0v) is 12.6. The molecule has 1 aromatic heterocycles. The molecule has 0 aliphatic carbocycles. The molecule has 0 atom stereocenters. The van der Waals surface area contributed by atoms with Gasteiger partial charge in [0.2, 0.25) is 0 Å². The first-order valence-corrected chi connectivity index (χ1v) is 7.37. The highest BCUT2D eigenvalue weighted by molar-refractivity contribution is 6.31. The standard InChI is InChI=1S/C16H11Cl2N3/c17-8-7-16-20-14-6-3-12(18)9-15(14)21(16)13-4-1-11(10-19)2-5-13/h1-6,9H,7-8H2. The van der Waals surface area contributed by atoms with Crippen molar-refractivity contribution in [3.8, 4) is 11.8 Å². The summed E-state index contributed by atoms with van der Waals surface area (Å²) in [4.78, 5) is 4.62. The van der Waals surface area contributed by atoms with E-state index < -0.39 is 0 Å². The molecule has 0 aliphatic heterocycles. The summed E-state index contributed by atoms with van der Waals surface area (Å²) in [7, 11) is 0. The van der Waals surface area contributed by atoms with Gasteiger partial charge in [-0.25, -0.2) is 4.98 Å². The largest absolute Gasteiger partial charge is 0.296 e. The quantitative estimate of drug-likeness (QED) is 0.675. The number of rotatable bonds is 3. The lowest BCUT2D eigenvalue weighted by molar-refractivity contribution is 0.912. The molecule has 5 heteroatoms. The van der Waals surface area contributed by atoms with Crippen molar-refractivity contribution in [2.75, 3.05) is 5.88 Å². The molecule has 2 aromatic carbocycles. The molecule has 0 spiro atoms. The molecule has 3 rings (SSSR count). The van der Waals surface area contributed by atoms with E-state index in [4.69, 9.17) is 28.5 Å². The predicted octanol–water partition coefficient (Wildman–Crippen LogP) is 4.33. The van der Waals surface area contributed by atoms with Crippen LogP contribution in [0.5, 0.6) is 0 Å². The summed E-state index contributed by atoms with van der Waals surface area (Å²) < 4.78 is 2.03. The second kappa shape index (κ2) is 5.77. The minimum atomic E-state index is 0.493. The lowest BCUT2D eigenvalue weighted by Crippen LogP contribution is -2.02. The minimum absolute atomic E-state index is 0.493. The normalized spacial score (nSPS) is 10.7. The van der Waals surface area contributed by atoms with Crippen LogP contribution >= 0.6 is 23.2 Å². The first kappa shape index (κ1) is 13.9. The maximum absolute atomic E-state index is 8.90. The average Bonchev–Trinajstić information content (AvgIpc) is 2.85. The number of hydrogen-bond donors (Lipinski definition) is 0. The number of halogens is 2. The van der Waals surface area contributed by atoms with E-state index >= 15 is 0 Å². The van der Waals surface area contributed by atoms with Crippen LogP contribution in [-0.4, -0.2) is 15.4 Å². The fourth-order valence-corrected chi connectivity index (χ4v) is 2.66. The van der Waals surface area contributed by atoms with Gasteiger partial charge in [0.05, 0.1) is 22.7 Å². The number of imidazole rings is 1. The number of hydrogen-bond acceptors (Lipinski definition) is 2. The molecule has 0 fully saturated rings. The van der Waals surface area contributed by atoms with Gasteiger partial charge < -0.3 is 0 Å². The Hall–Kier alpha value is -2.02. The van der Waals surface area contributed by atoms with Gasteiger partial charge in [-0.2, -0.15) is 5.26 Å². The third-order valence-corrected chi connectivity index (χ3v) is 3.68. The predicted molar refractivity (Wildman–Crippen MR) is 85.2 cm³/mol. The van der Waals surface area contributed by atoms with Gasteiger partial charge >= 0.3 is 0 Å². The van der Waals surface area contributed by atoms with Gasteiger partial charge in [-0.1, -0.05) is 11.6 Å². The second-order valence-corrected chi connectivity index (χ2v) is 5.41. The first-order valence-electron chi connectivity index (χ1n) is 6.46. The summed E-state index contributed by atoms with van der Waals surface area (Å²) in [5.74, 6) is 1.37. The van der Waals surface area contributed by atoms with E-state index in [1.54, 1.807) is 12.1 Å². The van der Waals surface area contributed by atoms with E-state index in [1.807, 2.05) is 34.9 Å². The number of nitrogens with zero attached hydrogens (tertiary/aromatic N) is 3. The number of nitriles is 1. The van der Waals surface area contributed by atoms with Crippen molar-refractivity contribution in [3.05, 3.63) is 58.9 Å². The van der Waals surface area contributed by atoms with Crippen LogP contribution in [0.25, 0.3) is 16.7 Å². The Morgan fingerprint density at radius 2 is 1.90 bits per heavy atom. The number of alkyl halides is 1. The van der Waals surface area contributed by atoms with Crippen LogP contribution in [0, 0.1) is 11.3 Å². The molecule has 0 bridgehead atoms. The highest BCUT2D eigenvalue weighted by Gasteiger charge is 2.12. The SMILES string of the molecule is N#Cc1ccc(-n2c(CCCl)nc3ccc(Cl)cc32)cc1. The fourth-order valence-electron chi connectivity index (χ4n) is 2.32. The number of aryl methyl sites for hydroxylation is 1. The summed E-state index contributed by atoms with van der Waals surface area (Å²) in [5.41, 5.74) is 3.38. The topological polar surface area (TPSA) is 41.6 Å². The van der Waals surface area contributed by atoms with Crippen molar-refractivity contribution in [1.82, 2.24) is 9.55 Å². The molecule has 1 heterocycles. The third kappa shape index (κ3) is 2.61. The Balaban J connectivity index is 2.24. The molecule has 0 amide bonds. The lowest BCUT2D eigenvalue weighted by atomic mass is 10.2. The van der Waals surface area contributed by atoms with Gasteiger partial charge in [0.1, 0.15) is 5.82 Å². The van der Waals surface area contributed by atoms with Crippen LogP contribution in [-0.2, 0) is 6.42 Å². The molecular formula is C16H11Cl2N3. The van der Waals surface area contributed by atoms with Crippen LogP contribution in [0.3, 0.4) is 0 Å². The Kier molecular flexibility index (Phi) is 3.83. The molecule has 104 valence electrons. The Bertz CT molecular complexity index is 829. The van der Waals surface area contributed by atoms with E-state index in [9.17, 15) is 0 Å². The van der Waals surface area contributed by atoms with Crippen LogP contribution in [0.4, 0.5) is 0 Å². The van der Waals surface area contributed by atoms with E-state index in [1.165, 1.54) is 0 Å². The third-order valence-electron chi connectivity index (χ3n) is 3.26. The first-order chi connectivity index (χ1) is 10.2. The molecule has 3 nitrogen and oxygen atoms in total. The lowest BCUT2D eigenvalue weighted by Gasteiger charge is -2.08. The average molecular weight is 316 g/mol. The van der Waals surface area contributed by atoms with Gasteiger partial charge in [0, 0.05) is 23.0 Å². The molecule has 0 saturated carbocycles. The Labute approximate surface area is 132 Å². The maximum atomic E-state index is 8.90. The Morgan fingerprint density at radius 3 is 2.57 bits per heavy atom. The highest BCUT2D eigenvalue weighted by atomic mass is 35.5. The number of aromatic nitrogens is 2. The Morgan fingerprint density at radius 1 is 1.14 bits per heavy atom.